The number of amides is 2. The Morgan fingerprint density at radius 3 is 2.35 bits per heavy atom. The summed E-state index contributed by atoms with van der Waals surface area (Å²) in [4.78, 5) is 68.7. The largest absolute Gasteiger partial charge is 0.573 e. The summed E-state index contributed by atoms with van der Waals surface area (Å²) in [5, 5.41) is 3.65. The Kier molecular flexibility index (Phi) is 11.3. The predicted octanol–water partition coefficient (Wildman–Crippen LogP) is 4.94. The molecule has 3 aromatic heterocycles. The average molecular weight is 758 g/mol. The van der Waals surface area contributed by atoms with Gasteiger partial charge in [0.05, 0.1) is 17.1 Å². The zero-order chi connectivity index (χ0) is 38.2. The number of aromatic nitrogens is 3. The molecule has 0 radical (unpaired) electrons. The quantitative estimate of drug-likeness (QED) is 0.233. The molecule has 1 aromatic carbocycles. The summed E-state index contributed by atoms with van der Waals surface area (Å²) in [5.41, 5.74) is -1.43. The van der Waals surface area contributed by atoms with E-state index in [1.54, 1.807) is 34.6 Å². The number of benzene rings is 1. The SMILES string of the molecule is Cc1oc2c(c1CC(=O)/N=c1\scc(-c3ccc(OC(F)(F)F)c(Cl)c3)n1COC(=O)[C@@H](NC(=O)OC(C)(C)C)C(C)C)c(=O)n(C)c(=O)n2C. The van der Waals surface area contributed by atoms with Gasteiger partial charge in [-0.15, -0.1) is 24.5 Å². The lowest BCUT2D eigenvalue weighted by molar-refractivity contribution is -0.274. The summed E-state index contributed by atoms with van der Waals surface area (Å²) < 4.78 is 62.4. The molecule has 51 heavy (non-hydrogen) atoms. The average Bonchev–Trinajstić information content (AvgIpc) is 3.55. The van der Waals surface area contributed by atoms with Gasteiger partial charge >= 0.3 is 24.1 Å². The van der Waals surface area contributed by atoms with Gasteiger partial charge in [0.25, 0.3) is 11.5 Å². The molecule has 0 bridgehead atoms. The number of carbonyl (C=O) groups is 3. The number of thiazole rings is 1. The van der Waals surface area contributed by atoms with Crippen LogP contribution in [0.5, 0.6) is 5.75 Å². The van der Waals surface area contributed by atoms with Crippen molar-refractivity contribution in [3.05, 3.63) is 65.6 Å². The monoisotopic (exact) mass is 757 g/mol. The molecule has 14 nitrogen and oxygen atoms in total. The van der Waals surface area contributed by atoms with E-state index < -0.39 is 72.0 Å². The number of nitrogens with one attached hydrogen (secondary N) is 1. The minimum absolute atomic E-state index is 0.00138. The highest BCUT2D eigenvalue weighted by atomic mass is 35.5. The summed E-state index contributed by atoms with van der Waals surface area (Å²) >= 11 is 7.05. The molecular formula is C32H35ClF3N5O9S. The van der Waals surface area contributed by atoms with Crippen molar-refractivity contribution in [2.24, 2.45) is 25.0 Å². The van der Waals surface area contributed by atoms with Gasteiger partial charge in [0.1, 0.15) is 28.5 Å². The minimum Gasteiger partial charge on any atom is -0.444 e. The third kappa shape index (κ3) is 9.10. The molecule has 0 unspecified atom stereocenters. The fraction of sp³-hybridized carbons (Fsp3) is 0.438. The molecule has 276 valence electrons. The summed E-state index contributed by atoms with van der Waals surface area (Å²) in [6.45, 7) is 9.28. The molecule has 2 amide bonds. The van der Waals surface area contributed by atoms with E-state index >= 15 is 0 Å². The van der Waals surface area contributed by atoms with Gasteiger partial charge in [-0.1, -0.05) is 25.4 Å². The van der Waals surface area contributed by atoms with Crippen molar-refractivity contribution in [3.63, 3.8) is 0 Å². The molecule has 4 rings (SSSR count). The fourth-order valence-corrected chi connectivity index (χ4v) is 6.02. The number of rotatable bonds is 9. The highest BCUT2D eigenvalue weighted by molar-refractivity contribution is 7.07. The van der Waals surface area contributed by atoms with E-state index in [1.165, 1.54) is 43.1 Å². The first-order valence-corrected chi connectivity index (χ1v) is 16.5. The van der Waals surface area contributed by atoms with Crippen LogP contribution in [0, 0.1) is 12.8 Å². The van der Waals surface area contributed by atoms with Gasteiger partial charge in [-0.2, -0.15) is 4.99 Å². The molecule has 0 aliphatic heterocycles. The number of carbonyl (C=O) groups excluding carboxylic acids is 3. The van der Waals surface area contributed by atoms with E-state index in [0.717, 1.165) is 26.5 Å². The maximum absolute atomic E-state index is 13.4. The Morgan fingerprint density at radius 2 is 1.76 bits per heavy atom. The van der Waals surface area contributed by atoms with Crippen molar-refractivity contribution in [1.29, 1.82) is 0 Å². The van der Waals surface area contributed by atoms with Crippen molar-refractivity contribution in [2.45, 2.75) is 72.7 Å². The standard InChI is InChI=1S/C32H35ClF3N5O9S/c1-15(2)24(38-29(45)50-31(4,5)6)27(44)47-14-41-20(17-9-10-21(19(33)11-17)49-32(34,35)36)13-51-28(41)37-22(42)12-18-16(3)48-26-23(18)25(43)39(7)30(46)40(26)8/h9-11,13,15,24H,12,14H2,1-8H3,(H,38,45)/b37-28-/t24-/m0/s1. The van der Waals surface area contributed by atoms with Crippen LogP contribution in [-0.2, 0) is 46.3 Å². The Hall–Kier alpha value is -4.84. The zero-order valence-corrected chi connectivity index (χ0v) is 30.3. The van der Waals surface area contributed by atoms with E-state index in [-0.39, 0.29) is 43.5 Å². The number of hydrogen-bond acceptors (Lipinski definition) is 10. The van der Waals surface area contributed by atoms with Gasteiger partial charge in [0.2, 0.25) is 5.71 Å². The number of halogens is 4. The van der Waals surface area contributed by atoms with Crippen LogP contribution in [0.15, 0.2) is 42.6 Å². The second-order valence-corrected chi connectivity index (χ2v) is 13.9. The lowest BCUT2D eigenvalue weighted by atomic mass is 10.1. The van der Waals surface area contributed by atoms with Crippen LogP contribution in [0.1, 0.15) is 45.9 Å². The molecule has 0 aliphatic carbocycles. The van der Waals surface area contributed by atoms with Crippen LogP contribution < -0.4 is 26.1 Å². The number of alkyl carbamates (subject to hydrolysis) is 1. The molecule has 4 aromatic rings. The Morgan fingerprint density at radius 1 is 1.10 bits per heavy atom. The number of furan rings is 1. The van der Waals surface area contributed by atoms with Crippen LogP contribution in [0.3, 0.4) is 0 Å². The maximum Gasteiger partial charge on any atom is 0.573 e. The van der Waals surface area contributed by atoms with Crippen LogP contribution in [0.2, 0.25) is 5.02 Å². The number of esters is 1. The first-order valence-electron chi connectivity index (χ1n) is 15.2. The van der Waals surface area contributed by atoms with Gasteiger partial charge in [0, 0.05) is 30.6 Å². The second kappa shape index (κ2) is 14.8. The molecule has 3 heterocycles. The van der Waals surface area contributed by atoms with Crippen LogP contribution in [0.4, 0.5) is 18.0 Å². The molecule has 1 atom stereocenters. The Labute approximate surface area is 297 Å². The van der Waals surface area contributed by atoms with Crippen molar-refractivity contribution >= 4 is 52.0 Å². The smallest absolute Gasteiger partial charge is 0.444 e. The van der Waals surface area contributed by atoms with Crippen LogP contribution in [0.25, 0.3) is 22.4 Å². The topological polar surface area (TPSA) is 165 Å². The molecule has 0 saturated carbocycles. The van der Waals surface area contributed by atoms with E-state index in [4.69, 9.17) is 25.5 Å². The van der Waals surface area contributed by atoms with Crippen molar-refractivity contribution in [2.75, 3.05) is 0 Å². The Bertz CT molecular complexity index is 2190. The minimum atomic E-state index is -4.99. The van der Waals surface area contributed by atoms with Gasteiger partial charge in [0.15, 0.2) is 11.5 Å². The normalized spacial score (nSPS) is 13.1. The number of aryl methyl sites for hydroxylation is 2. The zero-order valence-electron chi connectivity index (χ0n) is 28.8. The van der Waals surface area contributed by atoms with E-state index in [1.807, 2.05) is 0 Å². The van der Waals surface area contributed by atoms with E-state index in [0.29, 0.717) is 0 Å². The molecular weight excluding hydrogens is 723 g/mol. The van der Waals surface area contributed by atoms with Gasteiger partial charge in [-0.3, -0.25) is 23.3 Å². The lowest BCUT2D eigenvalue weighted by Gasteiger charge is -2.24. The highest BCUT2D eigenvalue weighted by Crippen LogP contribution is 2.34. The third-order valence-electron chi connectivity index (χ3n) is 7.32. The predicted molar refractivity (Wildman–Crippen MR) is 179 cm³/mol. The first kappa shape index (κ1) is 39.0. The van der Waals surface area contributed by atoms with Crippen LogP contribution in [-0.4, -0.2) is 49.7 Å². The molecule has 0 aliphatic rings. The Balaban J connectivity index is 1.74. The number of hydrogen-bond donors (Lipinski definition) is 1. The molecule has 19 heteroatoms. The molecule has 0 fully saturated rings. The van der Waals surface area contributed by atoms with Gasteiger partial charge < -0.3 is 23.9 Å². The molecule has 1 N–H and O–H groups in total. The van der Waals surface area contributed by atoms with E-state index in [2.05, 4.69) is 15.0 Å². The second-order valence-electron chi connectivity index (χ2n) is 12.7. The number of ether oxygens (including phenoxy) is 3. The maximum atomic E-state index is 13.4. The molecule has 0 saturated heterocycles. The number of alkyl halides is 3. The highest BCUT2D eigenvalue weighted by Gasteiger charge is 2.32. The summed E-state index contributed by atoms with van der Waals surface area (Å²) in [6, 6.07) is 2.33. The molecule has 0 spiro atoms. The van der Waals surface area contributed by atoms with E-state index in [9.17, 15) is 37.1 Å². The summed E-state index contributed by atoms with van der Waals surface area (Å²) in [7, 11) is 2.71. The van der Waals surface area contributed by atoms with Crippen molar-refractivity contribution in [1.82, 2.24) is 19.0 Å². The first-order chi connectivity index (χ1) is 23.6. The fourth-order valence-electron chi connectivity index (χ4n) is 4.89. The summed E-state index contributed by atoms with van der Waals surface area (Å²) in [5.74, 6) is -2.48. The number of nitrogens with zero attached hydrogens (tertiary/aromatic N) is 4. The summed E-state index contributed by atoms with van der Waals surface area (Å²) in [6.07, 6.45) is -6.26. The lowest BCUT2D eigenvalue weighted by Crippen LogP contribution is -2.47. The van der Waals surface area contributed by atoms with Crippen molar-refractivity contribution in [3.8, 4) is 17.0 Å². The third-order valence-corrected chi connectivity index (χ3v) is 8.47. The van der Waals surface area contributed by atoms with Gasteiger partial charge in [-0.05, 0) is 51.8 Å². The van der Waals surface area contributed by atoms with Gasteiger partial charge in [-0.25, -0.2) is 14.4 Å². The van der Waals surface area contributed by atoms with Crippen LogP contribution >= 0.6 is 22.9 Å². The number of fused-ring (bicyclic) bond motifs is 1. The van der Waals surface area contributed by atoms with Crippen molar-refractivity contribution < 1.29 is 46.2 Å².